The lowest BCUT2D eigenvalue weighted by atomic mass is 10.1. The molecule has 122 valence electrons. The summed E-state index contributed by atoms with van der Waals surface area (Å²) in [5, 5.41) is 0.980. The highest BCUT2D eigenvalue weighted by Gasteiger charge is 2.05. The molecule has 3 nitrogen and oxygen atoms in total. The molecule has 0 spiro atoms. The first kappa shape index (κ1) is 16.6. The second-order valence-corrected chi connectivity index (χ2v) is 6.18. The Hall–Kier alpha value is -2.23. The average Bonchev–Trinajstić information content (AvgIpc) is 2.60. The summed E-state index contributed by atoms with van der Waals surface area (Å²) in [5.74, 6) is 0.794. The SMILES string of the molecule is COc1ccc(-c2ccc(=O)n(Cc3ccc(Cl)c(Cl)c3)c2)cc1. The van der Waals surface area contributed by atoms with E-state index in [1.165, 1.54) is 0 Å². The molecule has 0 saturated heterocycles. The zero-order chi connectivity index (χ0) is 17.1. The summed E-state index contributed by atoms with van der Waals surface area (Å²) in [4.78, 5) is 12.1. The molecule has 24 heavy (non-hydrogen) atoms. The van der Waals surface area contributed by atoms with Crippen LogP contribution in [0.25, 0.3) is 11.1 Å². The van der Waals surface area contributed by atoms with E-state index in [-0.39, 0.29) is 5.56 Å². The molecule has 1 heterocycles. The van der Waals surface area contributed by atoms with Crippen LogP contribution in [0.1, 0.15) is 5.56 Å². The molecular formula is C19H15Cl2NO2. The van der Waals surface area contributed by atoms with Crippen molar-refractivity contribution in [2.24, 2.45) is 0 Å². The van der Waals surface area contributed by atoms with Gasteiger partial charge in [0.1, 0.15) is 5.75 Å². The van der Waals surface area contributed by atoms with Gasteiger partial charge in [0.2, 0.25) is 0 Å². The number of halogens is 2. The van der Waals surface area contributed by atoms with E-state index in [1.54, 1.807) is 29.9 Å². The molecule has 0 saturated carbocycles. The Bertz CT molecular complexity index is 917. The van der Waals surface area contributed by atoms with Gasteiger partial charge in [0.05, 0.1) is 23.7 Å². The molecule has 0 atom stereocenters. The number of benzene rings is 2. The third-order valence-corrected chi connectivity index (χ3v) is 4.48. The molecule has 0 bridgehead atoms. The van der Waals surface area contributed by atoms with Crippen molar-refractivity contribution in [2.75, 3.05) is 7.11 Å². The van der Waals surface area contributed by atoms with Gasteiger partial charge in [0, 0.05) is 12.3 Å². The van der Waals surface area contributed by atoms with Gasteiger partial charge in [0.15, 0.2) is 0 Å². The Morgan fingerprint density at radius 2 is 1.62 bits per heavy atom. The van der Waals surface area contributed by atoms with Crippen LogP contribution in [0.5, 0.6) is 5.75 Å². The third-order valence-electron chi connectivity index (χ3n) is 3.74. The molecular weight excluding hydrogens is 345 g/mol. The summed E-state index contributed by atoms with van der Waals surface area (Å²) >= 11 is 12.0. The van der Waals surface area contributed by atoms with E-state index in [9.17, 15) is 4.79 Å². The van der Waals surface area contributed by atoms with Crippen LogP contribution < -0.4 is 10.3 Å². The number of ether oxygens (including phenoxy) is 1. The highest BCUT2D eigenvalue weighted by atomic mass is 35.5. The van der Waals surface area contributed by atoms with Crippen molar-refractivity contribution in [3.05, 3.63) is 86.8 Å². The standard InChI is InChI=1S/C19H15Cl2NO2/c1-24-16-6-3-14(4-7-16)15-5-9-19(23)22(12-15)11-13-2-8-17(20)18(21)10-13/h2-10,12H,11H2,1H3. The lowest BCUT2D eigenvalue weighted by Crippen LogP contribution is -2.19. The molecule has 0 fully saturated rings. The number of nitrogens with zero attached hydrogens (tertiary/aromatic N) is 1. The zero-order valence-electron chi connectivity index (χ0n) is 13.0. The number of aromatic nitrogens is 1. The van der Waals surface area contributed by atoms with Crippen LogP contribution in [0.3, 0.4) is 0 Å². The second-order valence-electron chi connectivity index (χ2n) is 5.36. The fraction of sp³-hybridized carbons (Fsp3) is 0.105. The van der Waals surface area contributed by atoms with Crippen LogP contribution in [-0.2, 0) is 6.54 Å². The molecule has 0 aliphatic heterocycles. The van der Waals surface area contributed by atoms with E-state index in [0.717, 1.165) is 22.4 Å². The van der Waals surface area contributed by atoms with E-state index in [1.807, 2.05) is 42.6 Å². The van der Waals surface area contributed by atoms with Crippen molar-refractivity contribution in [3.8, 4) is 16.9 Å². The first-order chi connectivity index (χ1) is 11.6. The Morgan fingerprint density at radius 3 is 2.29 bits per heavy atom. The van der Waals surface area contributed by atoms with Crippen LogP contribution in [0.15, 0.2) is 65.6 Å². The molecule has 3 rings (SSSR count). The molecule has 5 heteroatoms. The fourth-order valence-electron chi connectivity index (χ4n) is 2.44. The van der Waals surface area contributed by atoms with Crippen molar-refractivity contribution in [3.63, 3.8) is 0 Å². The van der Waals surface area contributed by atoms with Gasteiger partial charge in [-0.3, -0.25) is 4.79 Å². The molecule has 0 radical (unpaired) electrons. The lowest BCUT2D eigenvalue weighted by molar-refractivity contribution is 0.415. The van der Waals surface area contributed by atoms with Crippen molar-refractivity contribution in [2.45, 2.75) is 6.54 Å². The Labute approximate surface area is 150 Å². The number of hydrogen-bond acceptors (Lipinski definition) is 2. The topological polar surface area (TPSA) is 31.2 Å². The first-order valence-electron chi connectivity index (χ1n) is 7.35. The van der Waals surface area contributed by atoms with Gasteiger partial charge in [-0.05, 0) is 47.0 Å². The van der Waals surface area contributed by atoms with E-state index in [0.29, 0.717) is 16.6 Å². The van der Waals surface area contributed by atoms with E-state index < -0.39 is 0 Å². The summed E-state index contributed by atoms with van der Waals surface area (Å²) in [6.45, 7) is 0.430. The van der Waals surface area contributed by atoms with Gasteiger partial charge in [-0.2, -0.15) is 0 Å². The summed E-state index contributed by atoms with van der Waals surface area (Å²) in [6.07, 6.45) is 1.84. The van der Waals surface area contributed by atoms with Crippen LogP contribution in [0.2, 0.25) is 10.0 Å². The van der Waals surface area contributed by atoms with Gasteiger partial charge in [-0.25, -0.2) is 0 Å². The number of methoxy groups -OCH3 is 1. The number of pyridine rings is 1. The average molecular weight is 360 g/mol. The second kappa shape index (κ2) is 7.12. The van der Waals surface area contributed by atoms with Crippen LogP contribution in [0.4, 0.5) is 0 Å². The third kappa shape index (κ3) is 3.64. The molecule has 0 N–H and O–H groups in total. The highest BCUT2D eigenvalue weighted by molar-refractivity contribution is 6.42. The monoisotopic (exact) mass is 359 g/mol. The molecule has 1 aromatic heterocycles. The van der Waals surface area contributed by atoms with E-state index >= 15 is 0 Å². The van der Waals surface area contributed by atoms with Gasteiger partial charge in [0.25, 0.3) is 5.56 Å². The Kier molecular flexibility index (Phi) is 4.93. The van der Waals surface area contributed by atoms with Gasteiger partial charge >= 0.3 is 0 Å². The summed E-state index contributed by atoms with van der Waals surface area (Å²) < 4.78 is 6.82. The maximum absolute atomic E-state index is 12.1. The maximum Gasteiger partial charge on any atom is 0.250 e. The van der Waals surface area contributed by atoms with E-state index in [4.69, 9.17) is 27.9 Å². The van der Waals surface area contributed by atoms with Gasteiger partial charge < -0.3 is 9.30 Å². The largest absolute Gasteiger partial charge is 0.497 e. The zero-order valence-corrected chi connectivity index (χ0v) is 14.5. The minimum absolute atomic E-state index is 0.0710. The predicted molar refractivity (Wildman–Crippen MR) is 98.3 cm³/mol. The van der Waals surface area contributed by atoms with Crippen molar-refractivity contribution < 1.29 is 4.74 Å². The van der Waals surface area contributed by atoms with Crippen molar-refractivity contribution in [1.29, 1.82) is 0 Å². The molecule has 0 aliphatic carbocycles. The summed E-state index contributed by atoms with van der Waals surface area (Å²) in [6, 6.07) is 16.5. The van der Waals surface area contributed by atoms with Gasteiger partial charge in [-0.1, -0.05) is 41.4 Å². The highest BCUT2D eigenvalue weighted by Crippen LogP contribution is 2.24. The quantitative estimate of drug-likeness (QED) is 0.664. The molecule has 0 amide bonds. The van der Waals surface area contributed by atoms with Crippen LogP contribution >= 0.6 is 23.2 Å². The molecule has 2 aromatic carbocycles. The molecule has 0 unspecified atom stereocenters. The number of hydrogen-bond donors (Lipinski definition) is 0. The lowest BCUT2D eigenvalue weighted by Gasteiger charge is -2.10. The smallest absolute Gasteiger partial charge is 0.250 e. The van der Waals surface area contributed by atoms with Crippen molar-refractivity contribution >= 4 is 23.2 Å². The van der Waals surface area contributed by atoms with Crippen LogP contribution in [-0.4, -0.2) is 11.7 Å². The number of rotatable bonds is 4. The summed E-state index contributed by atoms with van der Waals surface area (Å²) in [7, 11) is 1.63. The van der Waals surface area contributed by atoms with Gasteiger partial charge in [-0.15, -0.1) is 0 Å². The van der Waals surface area contributed by atoms with Crippen LogP contribution in [0, 0.1) is 0 Å². The fourth-order valence-corrected chi connectivity index (χ4v) is 2.76. The molecule has 0 aliphatic rings. The summed E-state index contributed by atoms with van der Waals surface area (Å²) in [5.41, 5.74) is 2.81. The Morgan fingerprint density at radius 1 is 0.917 bits per heavy atom. The Balaban J connectivity index is 1.93. The first-order valence-corrected chi connectivity index (χ1v) is 8.11. The minimum Gasteiger partial charge on any atom is -0.497 e. The van der Waals surface area contributed by atoms with Crippen molar-refractivity contribution in [1.82, 2.24) is 4.57 Å². The predicted octanol–water partition coefficient (Wildman–Crippen LogP) is 4.88. The maximum atomic E-state index is 12.1. The normalized spacial score (nSPS) is 10.6. The minimum atomic E-state index is -0.0710. The van der Waals surface area contributed by atoms with E-state index in [2.05, 4.69) is 0 Å². The molecule has 3 aromatic rings.